The predicted molar refractivity (Wildman–Crippen MR) is 105 cm³/mol. The Bertz CT molecular complexity index is 945. The van der Waals surface area contributed by atoms with Gasteiger partial charge in [0.25, 0.3) is 15.9 Å². The Labute approximate surface area is 164 Å². The van der Waals surface area contributed by atoms with Gasteiger partial charge in [0.1, 0.15) is 5.75 Å². The maximum atomic E-state index is 13.3. The number of fused-ring (bicyclic) bond motifs is 1. The van der Waals surface area contributed by atoms with E-state index in [1.165, 1.54) is 10.4 Å². The predicted octanol–water partition coefficient (Wildman–Crippen LogP) is 3.13. The number of carbonyl (C=O) groups excluding carboxylic acids is 1. The topological polar surface area (TPSA) is 75.7 Å². The van der Waals surface area contributed by atoms with Crippen LogP contribution < -0.4 is 14.4 Å². The number of amides is 1. The molecule has 1 heterocycles. The van der Waals surface area contributed by atoms with Crippen LogP contribution in [0.15, 0.2) is 47.4 Å². The molecule has 3 rings (SSSR count). The highest BCUT2D eigenvalue weighted by Gasteiger charge is 2.37. The quantitative estimate of drug-likeness (QED) is 0.824. The molecule has 0 saturated carbocycles. The molecule has 8 heteroatoms. The minimum atomic E-state index is -3.88. The number of rotatable bonds is 5. The van der Waals surface area contributed by atoms with Gasteiger partial charge < -0.3 is 10.1 Å². The minimum absolute atomic E-state index is 0.126. The Morgan fingerprint density at radius 1 is 1.26 bits per heavy atom. The zero-order chi connectivity index (χ0) is 19.6. The highest BCUT2D eigenvalue weighted by atomic mass is 35.5. The molecule has 0 aromatic heterocycles. The average Bonchev–Trinajstić information content (AvgIpc) is 2.65. The molecule has 1 aliphatic heterocycles. The molecule has 1 atom stereocenters. The van der Waals surface area contributed by atoms with Crippen molar-refractivity contribution in [2.45, 2.75) is 31.3 Å². The summed E-state index contributed by atoms with van der Waals surface area (Å²) < 4.78 is 33.4. The smallest absolute Gasteiger partial charge is 0.264 e. The number of carbonyl (C=O) groups is 1. The van der Waals surface area contributed by atoms with E-state index in [-0.39, 0.29) is 17.3 Å². The monoisotopic (exact) mass is 408 g/mol. The number of nitrogens with one attached hydrogen (secondary N) is 1. The van der Waals surface area contributed by atoms with Gasteiger partial charge in [0.15, 0.2) is 6.10 Å². The zero-order valence-corrected chi connectivity index (χ0v) is 16.7. The Morgan fingerprint density at radius 3 is 2.63 bits per heavy atom. The number of halogens is 1. The number of nitrogens with zero attached hydrogens (tertiary/aromatic N) is 1. The minimum Gasteiger partial charge on any atom is -0.476 e. The number of benzene rings is 2. The Kier molecular flexibility index (Phi) is 5.62. The maximum absolute atomic E-state index is 13.3. The highest BCUT2D eigenvalue weighted by Crippen LogP contribution is 2.38. The van der Waals surface area contributed by atoms with Crippen LogP contribution in [-0.4, -0.2) is 33.5 Å². The first-order valence-corrected chi connectivity index (χ1v) is 10.5. The van der Waals surface area contributed by atoms with Crippen molar-refractivity contribution in [2.75, 3.05) is 17.4 Å². The van der Waals surface area contributed by atoms with E-state index in [0.717, 1.165) is 12.0 Å². The van der Waals surface area contributed by atoms with Crippen molar-refractivity contribution < 1.29 is 17.9 Å². The van der Waals surface area contributed by atoms with Gasteiger partial charge in [-0.25, -0.2) is 8.42 Å². The molecule has 0 bridgehead atoms. The summed E-state index contributed by atoms with van der Waals surface area (Å²) in [6.45, 7) is 4.19. The second-order valence-corrected chi connectivity index (χ2v) is 8.66. The van der Waals surface area contributed by atoms with E-state index < -0.39 is 16.1 Å². The number of anilines is 1. The van der Waals surface area contributed by atoms with E-state index in [1.54, 1.807) is 36.4 Å². The van der Waals surface area contributed by atoms with Crippen molar-refractivity contribution >= 4 is 33.2 Å². The molecule has 144 valence electrons. The standard InChI is InChI=1S/C19H21ClN2O4S/c1-3-10-21-19(23)18-12-22(16-11-14(20)6-9-17(16)26-18)27(24,25)15-7-4-13(2)5-8-15/h4-9,11,18H,3,10,12H2,1-2H3,(H,21,23)/t18-/m1/s1. The summed E-state index contributed by atoms with van der Waals surface area (Å²) in [7, 11) is -3.88. The fraction of sp³-hybridized carbons (Fsp3) is 0.316. The van der Waals surface area contributed by atoms with E-state index >= 15 is 0 Å². The van der Waals surface area contributed by atoms with Gasteiger partial charge in [-0.1, -0.05) is 36.2 Å². The van der Waals surface area contributed by atoms with Crippen LogP contribution in [0.2, 0.25) is 5.02 Å². The SMILES string of the molecule is CCCNC(=O)[C@H]1CN(S(=O)(=O)c2ccc(C)cc2)c2cc(Cl)ccc2O1. The van der Waals surface area contributed by atoms with Crippen molar-refractivity contribution in [1.29, 1.82) is 0 Å². The number of ether oxygens (including phenoxy) is 1. The van der Waals surface area contributed by atoms with Gasteiger partial charge in [0.2, 0.25) is 0 Å². The molecule has 6 nitrogen and oxygen atoms in total. The normalized spacial score (nSPS) is 16.4. The third-order valence-corrected chi connectivity index (χ3v) is 6.27. The molecule has 2 aromatic carbocycles. The van der Waals surface area contributed by atoms with E-state index in [9.17, 15) is 13.2 Å². The third-order valence-electron chi connectivity index (χ3n) is 4.24. The highest BCUT2D eigenvalue weighted by molar-refractivity contribution is 7.92. The Balaban J connectivity index is 2.02. The van der Waals surface area contributed by atoms with Crippen molar-refractivity contribution in [3.63, 3.8) is 0 Å². The number of hydrogen-bond donors (Lipinski definition) is 1. The molecule has 0 saturated heterocycles. The fourth-order valence-corrected chi connectivity index (χ4v) is 4.42. The third kappa shape index (κ3) is 4.04. The van der Waals surface area contributed by atoms with Crippen molar-refractivity contribution in [1.82, 2.24) is 5.32 Å². The van der Waals surface area contributed by atoms with Crippen LogP contribution in [0.3, 0.4) is 0 Å². The molecule has 1 N–H and O–H groups in total. The number of aryl methyl sites for hydroxylation is 1. The van der Waals surface area contributed by atoms with Gasteiger partial charge >= 0.3 is 0 Å². The van der Waals surface area contributed by atoms with Gasteiger partial charge in [0, 0.05) is 11.6 Å². The second-order valence-electron chi connectivity index (χ2n) is 6.36. The summed E-state index contributed by atoms with van der Waals surface area (Å²) in [4.78, 5) is 12.6. The molecular formula is C19H21ClN2O4S. The van der Waals surface area contributed by atoms with Gasteiger partial charge in [-0.2, -0.15) is 0 Å². The van der Waals surface area contributed by atoms with Gasteiger partial charge in [-0.3, -0.25) is 9.10 Å². The summed E-state index contributed by atoms with van der Waals surface area (Å²) in [5.41, 5.74) is 1.28. The lowest BCUT2D eigenvalue weighted by Gasteiger charge is -2.34. The van der Waals surface area contributed by atoms with Crippen LogP contribution in [0.1, 0.15) is 18.9 Å². The van der Waals surface area contributed by atoms with Crippen molar-refractivity contribution in [2.24, 2.45) is 0 Å². The van der Waals surface area contributed by atoms with Crippen LogP contribution in [0.4, 0.5) is 5.69 Å². The Hall–Kier alpha value is -2.25. The lowest BCUT2D eigenvalue weighted by atomic mass is 10.2. The summed E-state index contributed by atoms with van der Waals surface area (Å²) in [6, 6.07) is 11.3. The molecule has 0 radical (unpaired) electrons. The van der Waals surface area contributed by atoms with Crippen LogP contribution >= 0.6 is 11.6 Å². The lowest BCUT2D eigenvalue weighted by Crippen LogP contribution is -2.50. The van der Waals surface area contributed by atoms with Gasteiger partial charge in [0.05, 0.1) is 17.1 Å². The summed E-state index contributed by atoms with van der Waals surface area (Å²) in [5, 5.41) is 3.14. The molecule has 0 fully saturated rings. The van der Waals surface area contributed by atoms with E-state index in [0.29, 0.717) is 23.0 Å². The first-order valence-electron chi connectivity index (χ1n) is 8.66. The zero-order valence-electron chi connectivity index (χ0n) is 15.1. The molecular weight excluding hydrogens is 388 g/mol. The summed E-state index contributed by atoms with van der Waals surface area (Å²) >= 11 is 6.07. The Morgan fingerprint density at radius 2 is 1.96 bits per heavy atom. The number of sulfonamides is 1. The molecule has 1 amide bonds. The van der Waals surface area contributed by atoms with Crippen LogP contribution in [0.5, 0.6) is 5.75 Å². The fourth-order valence-electron chi connectivity index (χ4n) is 2.79. The molecule has 0 aliphatic carbocycles. The van der Waals surface area contributed by atoms with E-state index in [4.69, 9.17) is 16.3 Å². The van der Waals surface area contributed by atoms with Crippen LogP contribution in [0.25, 0.3) is 0 Å². The first-order chi connectivity index (χ1) is 12.8. The molecule has 1 aliphatic rings. The first kappa shape index (κ1) is 19.5. The average molecular weight is 409 g/mol. The second kappa shape index (κ2) is 7.78. The summed E-state index contributed by atoms with van der Waals surface area (Å²) in [6.07, 6.45) is -0.166. The van der Waals surface area contributed by atoms with Crippen molar-refractivity contribution in [3.05, 3.63) is 53.1 Å². The van der Waals surface area contributed by atoms with Gasteiger partial charge in [-0.05, 0) is 43.7 Å². The molecule has 0 unspecified atom stereocenters. The van der Waals surface area contributed by atoms with E-state index in [1.807, 2.05) is 13.8 Å². The van der Waals surface area contributed by atoms with E-state index in [2.05, 4.69) is 5.32 Å². The largest absolute Gasteiger partial charge is 0.476 e. The molecule has 27 heavy (non-hydrogen) atoms. The van der Waals surface area contributed by atoms with Gasteiger partial charge in [-0.15, -0.1) is 0 Å². The summed E-state index contributed by atoms with van der Waals surface area (Å²) in [5.74, 6) is -0.0421. The molecule has 0 spiro atoms. The van der Waals surface area contributed by atoms with Crippen LogP contribution in [-0.2, 0) is 14.8 Å². The van der Waals surface area contributed by atoms with Crippen LogP contribution in [0, 0.1) is 6.92 Å². The van der Waals surface area contributed by atoms with Crippen molar-refractivity contribution in [3.8, 4) is 5.75 Å². The lowest BCUT2D eigenvalue weighted by molar-refractivity contribution is -0.127. The maximum Gasteiger partial charge on any atom is 0.264 e. The molecule has 2 aromatic rings. The number of hydrogen-bond acceptors (Lipinski definition) is 4.